The summed E-state index contributed by atoms with van der Waals surface area (Å²) in [5.74, 6) is -2.41. The minimum Gasteiger partial charge on any atom is -0.481 e. The van der Waals surface area contributed by atoms with Crippen LogP contribution in [0.1, 0.15) is 43.2 Å². The molecule has 0 radical (unpaired) electrons. The molecular weight excluding hydrogens is 536 g/mol. The Morgan fingerprint density at radius 3 is 2.63 bits per heavy atom. The number of aromatic nitrogens is 2. The fourth-order valence-electron chi connectivity index (χ4n) is 4.09. The van der Waals surface area contributed by atoms with Crippen LogP contribution in [-0.4, -0.2) is 77.1 Å². The zero-order chi connectivity index (χ0) is 27.2. The number of unbranched alkanes of at least 4 members (excludes halogenated alkanes) is 2. The second-order valence-corrected chi connectivity index (χ2v) is 10.7. The highest BCUT2D eigenvalue weighted by molar-refractivity contribution is 8.01. The van der Waals surface area contributed by atoms with Gasteiger partial charge in [-0.2, -0.15) is 0 Å². The van der Waals surface area contributed by atoms with Crippen LogP contribution < -0.4 is 5.32 Å². The van der Waals surface area contributed by atoms with Crippen molar-refractivity contribution in [2.45, 2.75) is 54.8 Å². The second kappa shape index (κ2) is 12.5. The molecule has 0 bridgehead atoms. The van der Waals surface area contributed by atoms with Crippen LogP contribution in [0.3, 0.4) is 0 Å². The Morgan fingerprint density at radius 2 is 1.92 bits per heavy atom. The van der Waals surface area contributed by atoms with Gasteiger partial charge in [0, 0.05) is 24.3 Å². The number of carboxylic acids is 2. The summed E-state index contributed by atoms with van der Waals surface area (Å²) in [7, 11) is 0. The van der Waals surface area contributed by atoms with Crippen molar-refractivity contribution in [1.82, 2.24) is 20.4 Å². The number of hydrogen-bond acceptors (Lipinski definition) is 10. The normalized spacial score (nSPS) is 19.5. The minimum absolute atomic E-state index is 0.118. The van der Waals surface area contributed by atoms with Crippen molar-refractivity contribution in [3.63, 3.8) is 0 Å². The standard InChI is InChI=1S/C24H26N4O8S2/c29-16(30)10-6-2-5-9-15-26-27-24(36-15)38-12-14-11-37-22-17(21(33)28(22)18(14)23(34)35)25-20(32)19(31)13-7-3-1-4-8-13/h1,3-4,7-8,17,19,22,31H,2,5-6,9-12H2,(H,25,32)(H,29,30)(H,34,35)/t17?,19-,22-/m1/s1. The van der Waals surface area contributed by atoms with Gasteiger partial charge in [-0.15, -0.1) is 22.0 Å². The fourth-order valence-corrected chi connectivity index (χ4v) is 6.35. The van der Waals surface area contributed by atoms with Crippen molar-refractivity contribution in [2.24, 2.45) is 0 Å². The van der Waals surface area contributed by atoms with Gasteiger partial charge in [-0.3, -0.25) is 19.3 Å². The summed E-state index contributed by atoms with van der Waals surface area (Å²) in [6.07, 6.45) is 1.19. The number of nitrogens with one attached hydrogen (secondary N) is 1. The predicted octanol–water partition coefficient (Wildman–Crippen LogP) is 1.82. The van der Waals surface area contributed by atoms with E-state index in [-0.39, 0.29) is 23.1 Å². The van der Waals surface area contributed by atoms with E-state index in [0.717, 1.165) is 18.2 Å². The predicted molar refractivity (Wildman–Crippen MR) is 136 cm³/mol. The minimum atomic E-state index is -1.45. The summed E-state index contributed by atoms with van der Waals surface area (Å²) in [4.78, 5) is 49.2. The Hall–Kier alpha value is -3.36. The van der Waals surface area contributed by atoms with Gasteiger partial charge in [-0.1, -0.05) is 48.5 Å². The molecule has 2 aromatic rings. The first-order chi connectivity index (χ1) is 18.3. The number of carbonyl (C=O) groups excluding carboxylic acids is 2. The first kappa shape index (κ1) is 27.7. The highest BCUT2D eigenvalue weighted by Crippen LogP contribution is 2.41. The van der Waals surface area contributed by atoms with E-state index < -0.39 is 41.3 Å². The van der Waals surface area contributed by atoms with E-state index in [2.05, 4.69) is 15.5 Å². The number of hydrogen-bond donors (Lipinski definition) is 4. The number of aryl methyl sites for hydroxylation is 1. The molecule has 202 valence electrons. The molecule has 1 fully saturated rings. The Bertz CT molecular complexity index is 1240. The van der Waals surface area contributed by atoms with Crippen LogP contribution in [0.25, 0.3) is 0 Å². The van der Waals surface area contributed by atoms with Crippen LogP contribution in [0, 0.1) is 0 Å². The Labute approximate surface area is 225 Å². The van der Waals surface area contributed by atoms with Gasteiger partial charge in [0.05, 0.1) is 0 Å². The van der Waals surface area contributed by atoms with E-state index in [0.29, 0.717) is 42.0 Å². The molecule has 2 aliphatic rings. The number of thioether (sulfide) groups is 2. The third-order valence-corrected chi connectivity index (χ3v) is 8.26. The molecule has 2 amide bonds. The van der Waals surface area contributed by atoms with Crippen molar-refractivity contribution in [3.05, 3.63) is 53.1 Å². The molecule has 3 heterocycles. The molecule has 1 unspecified atom stereocenters. The van der Waals surface area contributed by atoms with Gasteiger partial charge in [0.25, 0.3) is 17.0 Å². The van der Waals surface area contributed by atoms with Gasteiger partial charge >= 0.3 is 11.9 Å². The third kappa shape index (κ3) is 6.37. The van der Waals surface area contributed by atoms with Gasteiger partial charge in [0.2, 0.25) is 5.89 Å². The number of β-lactam (4-membered cyclic amide) rings is 1. The third-order valence-electron chi connectivity index (χ3n) is 6.01. The highest BCUT2D eigenvalue weighted by Gasteiger charge is 2.54. The number of aliphatic hydroxyl groups is 1. The maximum atomic E-state index is 12.9. The lowest BCUT2D eigenvalue weighted by molar-refractivity contribution is -0.151. The maximum Gasteiger partial charge on any atom is 0.352 e. The lowest BCUT2D eigenvalue weighted by atomic mass is 10.0. The largest absolute Gasteiger partial charge is 0.481 e. The summed E-state index contributed by atoms with van der Waals surface area (Å²) in [6, 6.07) is 7.37. The second-order valence-electron chi connectivity index (χ2n) is 8.67. The number of rotatable bonds is 13. The molecule has 1 aromatic carbocycles. The van der Waals surface area contributed by atoms with Gasteiger partial charge in [-0.25, -0.2) is 4.79 Å². The lowest BCUT2D eigenvalue weighted by Crippen LogP contribution is -2.70. The van der Waals surface area contributed by atoms with Crippen LogP contribution in [0.4, 0.5) is 0 Å². The molecule has 12 nitrogen and oxygen atoms in total. The van der Waals surface area contributed by atoms with Crippen molar-refractivity contribution < 1.29 is 38.9 Å². The molecule has 0 spiro atoms. The van der Waals surface area contributed by atoms with Crippen LogP contribution in [0.2, 0.25) is 0 Å². The van der Waals surface area contributed by atoms with E-state index in [9.17, 15) is 29.4 Å². The molecule has 14 heteroatoms. The lowest BCUT2D eigenvalue weighted by Gasteiger charge is -2.49. The van der Waals surface area contributed by atoms with E-state index in [1.54, 1.807) is 30.3 Å². The van der Waals surface area contributed by atoms with Crippen LogP contribution in [0.15, 0.2) is 51.2 Å². The summed E-state index contributed by atoms with van der Waals surface area (Å²) >= 11 is 2.49. The van der Waals surface area contributed by atoms with E-state index in [4.69, 9.17) is 9.52 Å². The summed E-state index contributed by atoms with van der Waals surface area (Å²) in [5.41, 5.74) is 0.774. The van der Waals surface area contributed by atoms with Crippen LogP contribution >= 0.6 is 23.5 Å². The molecule has 4 rings (SSSR count). The molecule has 3 atom stereocenters. The number of benzene rings is 1. The average Bonchev–Trinajstić information content (AvgIpc) is 3.37. The number of aliphatic carboxylic acids is 2. The number of aliphatic hydroxyl groups excluding tert-OH is 1. The smallest absolute Gasteiger partial charge is 0.352 e. The number of nitrogens with zero attached hydrogens (tertiary/aromatic N) is 3. The van der Waals surface area contributed by atoms with Crippen LogP contribution in [-0.2, 0) is 25.6 Å². The summed E-state index contributed by atoms with van der Waals surface area (Å²) < 4.78 is 5.60. The monoisotopic (exact) mass is 562 g/mol. The number of carboxylic acid groups (broad SMARTS) is 2. The van der Waals surface area contributed by atoms with Gasteiger partial charge < -0.3 is 25.1 Å². The maximum absolute atomic E-state index is 12.9. The Kier molecular flexibility index (Phi) is 9.07. The Morgan fingerprint density at radius 1 is 1.16 bits per heavy atom. The first-order valence-corrected chi connectivity index (χ1v) is 13.9. The zero-order valence-electron chi connectivity index (χ0n) is 20.1. The SMILES string of the molecule is O=C(O)CCCCCc1nnc(SCC2=C(C(=O)O)N3C(=O)C(NC(=O)[C@H](O)c4ccccc4)[C@H]3SC2)o1. The fraction of sp³-hybridized carbons (Fsp3) is 0.417. The van der Waals surface area contributed by atoms with Gasteiger partial charge in [0.15, 0.2) is 6.10 Å². The average molecular weight is 563 g/mol. The Balaban J connectivity index is 1.33. The number of carbonyl (C=O) groups is 4. The molecule has 0 aliphatic carbocycles. The van der Waals surface area contributed by atoms with Crippen molar-refractivity contribution in [1.29, 1.82) is 0 Å². The molecule has 38 heavy (non-hydrogen) atoms. The van der Waals surface area contributed by atoms with Crippen molar-refractivity contribution in [3.8, 4) is 0 Å². The number of fused-ring (bicyclic) bond motifs is 1. The quantitative estimate of drug-likeness (QED) is 0.158. The molecule has 1 aromatic heterocycles. The molecule has 0 saturated carbocycles. The number of amides is 2. The van der Waals surface area contributed by atoms with Crippen molar-refractivity contribution in [2.75, 3.05) is 11.5 Å². The van der Waals surface area contributed by atoms with Crippen molar-refractivity contribution >= 4 is 47.3 Å². The highest BCUT2D eigenvalue weighted by atomic mass is 32.2. The van der Waals surface area contributed by atoms with Gasteiger partial charge in [0.1, 0.15) is 17.1 Å². The topological polar surface area (TPSA) is 183 Å². The molecule has 2 aliphatic heterocycles. The molecule has 4 N–H and O–H groups in total. The zero-order valence-corrected chi connectivity index (χ0v) is 21.7. The molecule has 1 saturated heterocycles. The van der Waals surface area contributed by atoms with Crippen LogP contribution in [0.5, 0.6) is 0 Å². The summed E-state index contributed by atoms with van der Waals surface area (Å²) in [6.45, 7) is 0. The molecular formula is C24H26N4O8S2. The first-order valence-electron chi connectivity index (χ1n) is 11.9. The van der Waals surface area contributed by atoms with E-state index >= 15 is 0 Å². The summed E-state index contributed by atoms with van der Waals surface area (Å²) in [5, 5.41) is 39.0. The van der Waals surface area contributed by atoms with Gasteiger partial charge in [-0.05, 0) is 24.0 Å². The van der Waals surface area contributed by atoms with E-state index in [1.165, 1.54) is 16.7 Å². The van der Waals surface area contributed by atoms with E-state index in [1.807, 2.05) is 0 Å².